The van der Waals surface area contributed by atoms with Gasteiger partial charge in [0.25, 0.3) is 0 Å². The number of nitrogens with one attached hydrogen (secondary N) is 1. The minimum absolute atomic E-state index is 0.0280. The number of hydrogen-bond acceptors (Lipinski definition) is 5. The van der Waals surface area contributed by atoms with Gasteiger partial charge in [0.15, 0.2) is 11.5 Å². The number of hydrogen-bond donors (Lipinski definition) is 5. The molecule has 6 N–H and O–H groups in total. The van der Waals surface area contributed by atoms with Gasteiger partial charge in [-0.05, 0) is 23.6 Å². The Bertz CT molecular complexity index is 530. The molecule has 0 saturated heterocycles. The summed E-state index contributed by atoms with van der Waals surface area (Å²) in [5, 5.41) is 30.1. The lowest BCUT2D eigenvalue weighted by molar-refractivity contribution is -0.142. The maximum atomic E-state index is 11.8. The lowest BCUT2D eigenvalue weighted by Crippen LogP contribution is -2.51. The van der Waals surface area contributed by atoms with Crippen molar-refractivity contribution < 1.29 is 24.9 Å². The Labute approximate surface area is 122 Å². The van der Waals surface area contributed by atoms with E-state index in [4.69, 9.17) is 10.8 Å². The summed E-state index contributed by atoms with van der Waals surface area (Å²) < 4.78 is 0. The molecule has 0 aliphatic carbocycles. The average molecular weight is 296 g/mol. The van der Waals surface area contributed by atoms with Gasteiger partial charge < -0.3 is 26.4 Å². The maximum absolute atomic E-state index is 11.8. The van der Waals surface area contributed by atoms with Crippen LogP contribution < -0.4 is 11.1 Å². The van der Waals surface area contributed by atoms with E-state index in [1.807, 2.05) is 0 Å². The van der Waals surface area contributed by atoms with Crippen molar-refractivity contribution in [2.75, 3.05) is 0 Å². The molecule has 1 aromatic carbocycles. The summed E-state index contributed by atoms with van der Waals surface area (Å²) in [5.41, 5.74) is 6.14. The number of benzene rings is 1. The third kappa shape index (κ3) is 4.64. The molecule has 7 nitrogen and oxygen atoms in total. The molecular formula is C14H20N2O5. The quantitative estimate of drug-likeness (QED) is 0.476. The SMILES string of the molecule is CC(C)[C@H](N)C(=O)NC(Cc1ccc(O)c(O)c1)C(=O)O. The number of carboxylic acid groups (broad SMARTS) is 1. The number of phenolic OH excluding ortho intramolecular Hbond substituents is 2. The smallest absolute Gasteiger partial charge is 0.326 e. The van der Waals surface area contributed by atoms with Crippen LogP contribution in [0.1, 0.15) is 19.4 Å². The van der Waals surface area contributed by atoms with Crippen molar-refractivity contribution in [3.8, 4) is 11.5 Å². The summed E-state index contributed by atoms with van der Waals surface area (Å²) in [6, 6.07) is 2.02. The number of carboxylic acids is 1. The van der Waals surface area contributed by atoms with Gasteiger partial charge in [-0.2, -0.15) is 0 Å². The number of aliphatic carboxylic acids is 1. The Hall–Kier alpha value is -2.28. The van der Waals surface area contributed by atoms with E-state index >= 15 is 0 Å². The summed E-state index contributed by atoms with van der Waals surface area (Å²) in [4.78, 5) is 23.0. The normalized spacial score (nSPS) is 13.7. The highest BCUT2D eigenvalue weighted by molar-refractivity contribution is 5.87. The second kappa shape index (κ2) is 6.94. The largest absolute Gasteiger partial charge is 0.504 e. The van der Waals surface area contributed by atoms with Crippen molar-refractivity contribution in [1.29, 1.82) is 0 Å². The van der Waals surface area contributed by atoms with E-state index in [-0.39, 0.29) is 23.8 Å². The Kier molecular flexibility index (Phi) is 5.54. The Morgan fingerprint density at radius 3 is 2.33 bits per heavy atom. The van der Waals surface area contributed by atoms with Gasteiger partial charge in [-0.15, -0.1) is 0 Å². The van der Waals surface area contributed by atoms with Crippen LogP contribution in [0.25, 0.3) is 0 Å². The molecule has 1 aromatic rings. The first-order chi connectivity index (χ1) is 9.72. The number of carbonyl (C=O) groups is 2. The van der Waals surface area contributed by atoms with E-state index in [0.717, 1.165) is 0 Å². The van der Waals surface area contributed by atoms with Gasteiger partial charge in [0, 0.05) is 6.42 Å². The van der Waals surface area contributed by atoms with E-state index in [1.165, 1.54) is 18.2 Å². The fraction of sp³-hybridized carbons (Fsp3) is 0.429. The van der Waals surface area contributed by atoms with Crippen LogP contribution in [0.3, 0.4) is 0 Å². The first-order valence-corrected chi connectivity index (χ1v) is 6.52. The molecule has 1 rings (SSSR count). The second-order valence-corrected chi connectivity index (χ2v) is 5.20. The van der Waals surface area contributed by atoms with Crippen LogP contribution in [0.2, 0.25) is 0 Å². The molecule has 7 heteroatoms. The molecule has 21 heavy (non-hydrogen) atoms. The van der Waals surface area contributed by atoms with E-state index in [1.54, 1.807) is 13.8 Å². The van der Waals surface area contributed by atoms with Crippen LogP contribution >= 0.6 is 0 Å². The third-order valence-corrected chi connectivity index (χ3v) is 3.12. The first-order valence-electron chi connectivity index (χ1n) is 6.52. The van der Waals surface area contributed by atoms with Crippen LogP contribution in [0.5, 0.6) is 11.5 Å². The van der Waals surface area contributed by atoms with Crippen molar-refractivity contribution in [1.82, 2.24) is 5.32 Å². The predicted octanol–water partition coefficient (Wildman–Crippen LogP) is 0.193. The number of carbonyl (C=O) groups excluding carboxylic acids is 1. The van der Waals surface area contributed by atoms with Crippen molar-refractivity contribution in [3.05, 3.63) is 23.8 Å². The highest BCUT2D eigenvalue weighted by atomic mass is 16.4. The zero-order valence-corrected chi connectivity index (χ0v) is 11.9. The third-order valence-electron chi connectivity index (χ3n) is 3.12. The molecule has 0 aliphatic rings. The van der Waals surface area contributed by atoms with Gasteiger partial charge in [0.1, 0.15) is 6.04 Å². The van der Waals surface area contributed by atoms with Gasteiger partial charge in [-0.3, -0.25) is 4.79 Å². The van der Waals surface area contributed by atoms with Crippen LogP contribution in [-0.4, -0.2) is 39.3 Å². The molecule has 0 aromatic heterocycles. The summed E-state index contributed by atoms with van der Waals surface area (Å²) >= 11 is 0. The minimum atomic E-state index is -1.20. The molecular weight excluding hydrogens is 276 g/mol. The van der Waals surface area contributed by atoms with Gasteiger partial charge in [-0.25, -0.2) is 4.79 Å². The van der Waals surface area contributed by atoms with Crippen LogP contribution in [0, 0.1) is 5.92 Å². The summed E-state index contributed by atoms with van der Waals surface area (Å²) in [6.07, 6.45) is -0.0280. The van der Waals surface area contributed by atoms with Crippen LogP contribution in [-0.2, 0) is 16.0 Å². The monoisotopic (exact) mass is 296 g/mol. The highest BCUT2D eigenvalue weighted by Gasteiger charge is 2.25. The molecule has 0 heterocycles. The first kappa shape index (κ1) is 16.8. The van der Waals surface area contributed by atoms with Gasteiger partial charge in [0.2, 0.25) is 5.91 Å². The van der Waals surface area contributed by atoms with E-state index in [9.17, 15) is 19.8 Å². The van der Waals surface area contributed by atoms with E-state index in [2.05, 4.69) is 5.32 Å². The Balaban J connectivity index is 2.81. The zero-order valence-electron chi connectivity index (χ0n) is 11.9. The Morgan fingerprint density at radius 2 is 1.86 bits per heavy atom. The van der Waals surface area contributed by atoms with Crippen molar-refractivity contribution in [3.63, 3.8) is 0 Å². The predicted molar refractivity (Wildman–Crippen MR) is 75.9 cm³/mol. The lowest BCUT2D eigenvalue weighted by atomic mass is 10.0. The number of aromatic hydroxyl groups is 2. The molecule has 1 amide bonds. The number of rotatable bonds is 6. The molecule has 2 atom stereocenters. The van der Waals surface area contributed by atoms with Gasteiger partial charge >= 0.3 is 5.97 Å². The molecule has 0 fully saturated rings. The Morgan fingerprint density at radius 1 is 1.24 bits per heavy atom. The summed E-state index contributed by atoms with van der Waals surface area (Å²) in [7, 11) is 0. The standard InChI is InChI=1S/C14H20N2O5/c1-7(2)12(15)13(19)16-9(14(20)21)5-8-3-4-10(17)11(18)6-8/h3-4,6-7,9,12,17-18H,5,15H2,1-2H3,(H,16,19)(H,20,21)/t9?,12-/m0/s1. The molecule has 0 spiro atoms. The highest BCUT2D eigenvalue weighted by Crippen LogP contribution is 2.25. The molecule has 0 aliphatic heterocycles. The van der Waals surface area contributed by atoms with E-state index < -0.39 is 24.0 Å². The van der Waals surface area contributed by atoms with E-state index in [0.29, 0.717) is 5.56 Å². The van der Waals surface area contributed by atoms with Gasteiger partial charge in [0.05, 0.1) is 6.04 Å². The summed E-state index contributed by atoms with van der Waals surface area (Å²) in [6.45, 7) is 3.52. The lowest BCUT2D eigenvalue weighted by Gasteiger charge is -2.20. The molecule has 0 saturated carbocycles. The maximum Gasteiger partial charge on any atom is 0.326 e. The minimum Gasteiger partial charge on any atom is -0.504 e. The molecule has 0 radical (unpaired) electrons. The summed E-state index contributed by atoms with van der Waals surface area (Å²) in [5.74, 6) is -2.50. The molecule has 1 unspecified atom stereocenters. The average Bonchev–Trinajstić information content (AvgIpc) is 2.40. The fourth-order valence-corrected chi connectivity index (χ4v) is 1.70. The topological polar surface area (TPSA) is 133 Å². The molecule has 116 valence electrons. The number of nitrogens with two attached hydrogens (primary N) is 1. The van der Waals surface area contributed by atoms with Crippen molar-refractivity contribution >= 4 is 11.9 Å². The zero-order chi connectivity index (χ0) is 16.2. The number of amides is 1. The van der Waals surface area contributed by atoms with Crippen LogP contribution in [0.4, 0.5) is 0 Å². The fourth-order valence-electron chi connectivity index (χ4n) is 1.70. The second-order valence-electron chi connectivity index (χ2n) is 5.20. The van der Waals surface area contributed by atoms with Gasteiger partial charge in [-0.1, -0.05) is 19.9 Å². The van der Waals surface area contributed by atoms with Crippen molar-refractivity contribution in [2.45, 2.75) is 32.4 Å². The van der Waals surface area contributed by atoms with Crippen molar-refractivity contribution in [2.24, 2.45) is 11.7 Å². The van der Waals surface area contributed by atoms with Crippen LogP contribution in [0.15, 0.2) is 18.2 Å². The number of phenols is 2. The molecule has 0 bridgehead atoms.